The molecule has 2 heterocycles. The average Bonchev–Trinajstić information content (AvgIpc) is 2.80. The average molecular weight is 433 g/mol. The Morgan fingerprint density at radius 1 is 1.22 bits per heavy atom. The van der Waals surface area contributed by atoms with Crippen molar-refractivity contribution in [1.82, 2.24) is 9.55 Å². The van der Waals surface area contributed by atoms with E-state index in [0.29, 0.717) is 40.6 Å². The van der Waals surface area contributed by atoms with Gasteiger partial charge in [0.05, 0.1) is 23.9 Å². The van der Waals surface area contributed by atoms with Gasteiger partial charge in [-0.3, -0.25) is 9.36 Å². The first-order chi connectivity index (χ1) is 15.4. The third-order valence-electron chi connectivity index (χ3n) is 5.75. The van der Waals surface area contributed by atoms with Gasteiger partial charge in [0.15, 0.2) is 0 Å². The van der Waals surface area contributed by atoms with E-state index in [0.717, 1.165) is 19.4 Å². The summed E-state index contributed by atoms with van der Waals surface area (Å²) in [7, 11) is 3.25. The van der Waals surface area contributed by atoms with Crippen molar-refractivity contribution in [2.45, 2.75) is 18.9 Å². The minimum Gasteiger partial charge on any atom is -0.497 e. The number of nitrogens with two attached hydrogens (primary N) is 1. The topological polar surface area (TPSA) is 97.2 Å². The number of nitrogens with zero attached hydrogens (tertiary/aromatic N) is 4. The van der Waals surface area contributed by atoms with Crippen LogP contribution in [0.4, 0.5) is 10.3 Å². The molecule has 164 valence electrons. The molecule has 1 aromatic heterocycles. The molecule has 1 saturated heterocycles. The number of nitriles is 1. The van der Waals surface area contributed by atoms with Crippen molar-refractivity contribution in [3.8, 4) is 34.2 Å². The van der Waals surface area contributed by atoms with E-state index in [9.17, 15) is 9.18 Å². The molecule has 0 radical (unpaired) electrons. The molecule has 7 nitrogen and oxygen atoms in total. The minimum absolute atomic E-state index is 0.00211. The van der Waals surface area contributed by atoms with E-state index >= 15 is 0 Å². The largest absolute Gasteiger partial charge is 0.497 e. The van der Waals surface area contributed by atoms with E-state index in [-0.39, 0.29) is 17.2 Å². The van der Waals surface area contributed by atoms with Crippen LogP contribution in [0.5, 0.6) is 5.75 Å². The molecule has 0 amide bonds. The first-order valence-corrected chi connectivity index (χ1v) is 10.4. The summed E-state index contributed by atoms with van der Waals surface area (Å²) in [5, 5.41) is 9.09. The Kier molecular flexibility index (Phi) is 5.93. The Morgan fingerprint density at radius 3 is 2.56 bits per heavy atom. The standard InChI is InChI=1S/C24H24FN5O2/c1-29-23(31)21(15-7-9-19(32-2)10-8-15)22(16-5-6-17(13-26)20(25)12-16)28-24(29)30-11-3-4-18(27)14-30/h5-10,12,18H,3-4,11,14,27H2,1-2H3. The molecule has 0 spiro atoms. The van der Waals surface area contributed by atoms with Crippen molar-refractivity contribution in [2.24, 2.45) is 12.8 Å². The Balaban J connectivity index is 1.95. The van der Waals surface area contributed by atoms with Crippen molar-refractivity contribution in [3.05, 3.63) is 64.2 Å². The predicted molar refractivity (Wildman–Crippen MR) is 121 cm³/mol. The van der Waals surface area contributed by atoms with E-state index in [2.05, 4.69) is 0 Å². The first-order valence-electron chi connectivity index (χ1n) is 10.4. The molecule has 32 heavy (non-hydrogen) atoms. The monoisotopic (exact) mass is 433 g/mol. The fourth-order valence-electron chi connectivity index (χ4n) is 4.05. The van der Waals surface area contributed by atoms with E-state index in [1.54, 1.807) is 44.5 Å². The Bertz CT molecular complexity index is 1250. The van der Waals surface area contributed by atoms with Gasteiger partial charge < -0.3 is 15.4 Å². The summed E-state index contributed by atoms with van der Waals surface area (Å²) in [6, 6.07) is 13.2. The van der Waals surface area contributed by atoms with Gasteiger partial charge in [0, 0.05) is 31.7 Å². The lowest BCUT2D eigenvalue weighted by molar-refractivity contribution is 0.415. The van der Waals surface area contributed by atoms with Crippen LogP contribution in [-0.4, -0.2) is 35.8 Å². The number of halogens is 1. The number of rotatable bonds is 4. The summed E-state index contributed by atoms with van der Waals surface area (Å²) in [6.07, 6.45) is 1.82. The molecule has 0 saturated carbocycles. The van der Waals surface area contributed by atoms with E-state index in [1.165, 1.54) is 16.7 Å². The van der Waals surface area contributed by atoms with Crippen LogP contribution in [0.2, 0.25) is 0 Å². The molecule has 2 aromatic carbocycles. The van der Waals surface area contributed by atoms with Gasteiger partial charge in [0.2, 0.25) is 5.95 Å². The lowest BCUT2D eigenvalue weighted by Gasteiger charge is -2.33. The summed E-state index contributed by atoms with van der Waals surface area (Å²) < 4.78 is 21.2. The summed E-state index contributed by atoms with van der Waals surface area (Å²) >= 11 is 0. The fourth-order valence-corrected chi connectivity index (χ4v) is 4.05. The Labute approximate surface area is 185 Å². The molecule has 0 bridgehead atoms. The van der Waals surface area contributed by atoms with Crippen LogP contribution in [0.15, 0.2) is 47.3 Å². The first kappa shape index (κ1) is 21.5. The van der Waals surface area contributed by atoms with Gasteiger partial charge in [-0.2, -0.15) is 5.26 Å². The van der Waals surface area contributed by atoms with Crippen LogP contribution in [0.25, 0.3) is 22.4 Å². The second-order valence-electron chi connectivity index (χ2n) is 7.88. The van der Waals surface area contributed by atoms with Gasteiger partial charge in [0.1, 0.15) is 17.6 Å². The van der Waals surface area contributed by atoms with Gasteiger partial charge in [-0.05, 0) is 42.7 Å². The van der Waals surface area contributed by atoms with Gasteiger partial charge in [-0.25, -0.2) is 9.37 Å². The van der Waals surface area contributed by atoms with Gasteiger partial charge >= 0.3 is 0 Å². The summed E-state index contributed by atoms with van der Waals surface area (Å²) in [5.41, 5.74) is 7.61. The van der Waals surface area contributed by atoms with Crippen LogP contribution in [0.3, 0.4) is 0 Å². The van der Waals surface area contributed by atoms with Crippen LogP contribution in [0.1, 0.15) is 18.4 Å². The summed E-state index contributed by atoms with van der Waals surface area (Å²) in [4.78, 5) is 20.4. The summed E-state index contributed by atoms with van der Waals surface area (Å²) in [5.74, 6) is 0.486. The molecule has 0 aliphatic carbocycles. The van der Waals surface area contributed by atoms with Crippen molar-refractivity contribution < 1.29 is 9.13 Å². The van der Waals surface area contributed by atoms with E-state index < -0.39 is 5.82 Å². The van der Waals surface area contributed by atoms with Crippen molar-refractivity contribution in [1.29, 1.82) is 5.26 Å². The highest BCUT2D eigenvalue weighted by molar-refractivity contribution is 5.81. The molecule has 3 aromatic rings. The molecule has 4 rings (SSSR count). The second kappa shape index (κ2) is 8.81. The maximum Gasteiger partial charge on any atom is 0.263 e. The van der Waals surface area contributed by atoms with Crippen LogP contribution < -0.4 is 20.9 Å². The van der Waals surface area contributed by atoms with Gasteiger partial charge in [-0.1, -0.05) is 18.2 Å². The lowest BCUT2D eigenvalue weighted by atomic mass is 9.99. The molecule has 8 heteroatoms. The number of anilines is 1. The molecular weight excluding hydrogens is 409 g/mol. The Hall–Kier alpha value is -3.70. The zero-order valence-electron chi connectivity index (χ0n) is 18.0. The van der Waals surface area contributed by atoms with Gasteiger partial charge in [0.25, 0.3) is 5.56 Å². The molecule has 2 N–H and O–H groups in total. The number of piperidine rings is 1. The maximum atomic E-state index is 14.5. The highest BCUT2D eigenvalue weighted by atomic mass is 19.1. The minimum atomic E-state index is -0.658. The number of methoxy groups -OCH3 is 1. The number of aromatic nitrogens is 2. The molecule has 1 atom stereocenters. The van der Waals surface area contributed by atoms with Crippen molar-refractivity contribution in [2.75, 3.05) is 25.1 Å². The number of ether oxygens (including phenoxy) is 1. The van der Waals surface area contributed by atoms with E-state index in [4.69, 9.17) is 20.7 Å². The van der Waals surface area contributed by atoms with Gasteiger partial charge in [-0.15, -0.1) is 0 Å². The molecule has 1 unspecified atom stereocenters. The quantitative estimate of drug-likeness (QED) is 0.679. The fraction of sp³-hybridized carbons (Fsp3) is 0.292. The molecule has 1 aliphatic rings. The van der Waals surface area contributed by atoms with Crippen LogP contribution in [0, 0.1) is 17.1 Å². The molecular formula is C24H24FN5O2. The predicted octanol–water partition coefficient (Wildman–Crippen LogP) is 3.06. The second-order valence-corrected chi connectivity index (χ2v) is 7.88. The number of hydrogen-bond donors (Lipinski definition) is 1. The third kappa shape index (κ3) is 3.95. The number of benzene rings is 2. The normalized spacial score (nSPS) is 16.0. The maximum absolute atomic E-state index is 14.5. The highest BCUT2D eigenvalue weighted by Gasteiger charge is 2.24. The van der Waals surface area contributed by atoms with Crippen molar-refractivity contribution >= 4 is 5.95 Å². The zero-order chi connectivity index (χ0) is 22.8. The highest BCUT2D eigenvalue weighted by Crippen LogP contribution is 2.32. The Morgan fingerprint density at radius 2 is 1.94 bits per heavy atom. The van der Waals surface area contributed by atoms with Crippen LogP contribution in [-0.2, 0) is 7.05 Å². The molecule has 1 fully saturated rings. The van der Waals surface area contributed by atoms with E-state index in [1.807, 2.05) is 11.0 Å². The SMILES string of the molecule is COc1ccc(-c2c(-c3ccc(C#N)c(F)c3)nc(N3CCCC(N)C3)n(C)c2=O)cc1. The van der Waals surface area contributed by atoms with Crippen molar-refractivity contribution in [3.63, 3.8) is 0 Å². The molecule has 1 aliphatic heterocycles. The zero-order valence-corrected chi connectivity index (χ0v) is 18.0. The summed E-state index contributed by atoms with van der Waals surface area (Å²) in [6.45, 7) is 1.32. The van der Waals surface area contributed by atoms with Crippen LogP contribution >= 0.6 is 0 Å². The third-order valence-corrected chi connectivity index (χ3v) is 5.75. The smallest absolute Gasteiger partial charge is 0.263 e. The number of hydrogen-bond acceptors (Lipinski definition) is 6. The lowest BCUT2D eigenvalue weighted by Crippen LogP contribution is -2.45.